The summed E-state index contributed by atoms with van der Waals surface area (Å²) >= 11 is 6.78. The van der Waals surface area contributed by atoms with E-state index in [1.807, 2.05) is 28.5 Å². The minimum atomic E-state index is 0.180. The maximum Gasteiger partial charge on any atom is 0.229 e. The van der Waals surface area contributed by atoms with E-state index in [1.54, 1.807) is 22.7 Å². The minimum Gasteiger partial charge on any atom is -0.335 e. The lowest BCUT2D eigenvalue weighted by Gasteiger charge is -2.24. The Morgan fingerprint density at radius 3 is 3.04 bits per heavy atom. The van der Waals surface area contributed by atoms with Crippen LogP contribution in [-0.4, -0.2) is 22.3 Å². The van der Waals surface area contributed by atoms with Gasteiger partial charge < -0.3 is 4.90 Å². The number of carbonyl (C=O) groups excluding carboxylic acids is 1. The number of amides is 1. The Morgan fingerprint density at radius 1 is 1.32 bits per heavy atom. The normalized spacial score (nSPS) is 17.2. The van der Waals surface area contributed by atoms with Crippen molar-refractivity contribution in [2.45, 2.75) is 25.3 Å². The van der Waals surface area contributed by atoms with E-state index in [0.29, 0.717) is 6.42 Å². The third-order valence-electron chi connectivity index (χ3n) is 4.46. The first-order chi connectivity index (χ1) is 12.2. The smallest absolute Gasteiger partial charge is 0.229 e. The molecule has 0 aliphatic carbocycles. The van der Waals surface area contributed by atoms with Crippen molar-refractivity contribution < 1.29 is 4.79 Å². The van der Waals surface area contributed by atoms with Gasteiger partial charge in [-0.3, -0.25) is 4.79 Å². The van der Waals surface area contributed by atoms with Crippen LogP contribution in [0.5, 0.6) is 0 Å². The van der Waals surface area contributed by atoms with Gasteiger partial charge in [0, 0.05) is 22.0 Å². The topological polar surface area (TPSA) is 33.2 Å². The van der Waals surface area contributed by atoms with Crippen molar-refractivity contribution in [3.05, 3.63) is 62.2 Å². The van der Waals surface area contributed by atoms with Gasteiger partial charge in [0.15, 0.2) is 0 Å². The quantitative estimate of drug-likeness (QED) is 0.541. The fraction of sp³-hybridized carbons (Fsp3) is 0.263. The summed E-state index contributed by atoms with van der Waals surface area (Å²) in [6.45, 7) is 0.849. The summed E-state index contributed by atoms with van der Waals surface area (Å²) in [7, 11) is 0. The molecule has 1 aliphatic rings. The van der Waals surface area contributed by atoms with E-state index in [1.165, 1.54) is 5.56 Å². The van der Waals surface area contributed by atoms with E-state index in [-0.39, 0.29) is 11.9 Å². The predicted molar refractivity (Wildman–Crippen MR) is 107 cm³/mol. The zero-order chi connectivity index (χ0) is 17.2. The lowest BCUT2D eigenvalue weighted by molar-refractivity contribution is -0.131. The molecule has 0 saturated carbocycles. The van der Waals surface area contributed by atoms with Crippen LogP contribution in [0.1, 0.15) is 30.1 Å². The van der Waals surface area contributed by atoms with Crippen molar-refractivity contribution in [3.63, 3.8) is 0 Å². The fourth-order valence-corrected chi connectivity index (χ4v) is 5.20. The summed E-state index contributed by atoms with van der Waals surface area (Å²) in [5.74, 6) is 0.180. The van der Waals surface area contributed by atoms with Crippen molar-refractivity contribution in [1.29, 1.82) is 0 Å². The van der Waals surface area contributed by atoms with Crippen molar-refractivity contribution >= 4 is 44.5 Å². The van der Waals surface area contributed by atoms with Crippen molar-refractivity contribution in [1.82, 2.24) is 9.88 Å². The minimum absolute atomic E-state index is 0.180. The van der Waals surface area contributed by atoms with E-state index in [2.05, 4.69) is 43.8 Å². The van der Waals surface area contributed by atoms with E-state index >= 15 is 0 Å². The molecule has 0 N–H and O–H groups in total. The molecule has 1 saturated heterocycles. The van der Waals surface area contributed by atoms with Crippen LogP contribution in [0.3, 0.4) is 0 Å². The molecule has 0 spiro atoms. The highest BCUT2D eigenvalue weighted by atomic mass is 79.9. The Kier molecular flexibility index (Phi) is 5.01. The zero-order valence-electron chi connectivity index (χ0n) is 13.5. The molecule has 3 nitrogen and oxygen atoms in total. The molecule has 4 rings (SSSR count). The predicted octanol–water partition coefficient (Wildman–Crippen LogP) is 5.54. The van der Waals surface area contributed by atoms with Gasteiger partial charge in [0.05, 0.1) is 18.2 Å². The summed E-state index contributed by atoms with van der Waals surface area (Å²) in [6.07, 6.45) is 2.51. The Morgan fingerprint density at radius 2 is 2.24 bits per heavy atom. The number of nitrogens with zero attached hydrogens (tertiary/aromatic N) is 2. The highest BCUT2D eigenvalue weighted by Crippen LogP contribution is 2.34. The molecule has 3 heterocycles. The van der Waals surface area contributed by atoms with E-state index in [0.717, 1.165) is 40.1 Å². The first-order valence-corrected chi connectivity index (χ1v) is 10.8. The summed E-state index contributed by atoms with van der Waals surface area (Å²) in [4.78, 5) is 19.5. The van der Waals surface area contributed by atoms with Gasteiger partial charge in [0.25, 0.3) is 0 Å². The first kappa shape index (κ1) is 16.9. The standard InChI is InChI=1S/C19H17BrN2OS2/c20-15-4-1-3-13(9-15)19-21-16(12-25-19)10-18(23)22-7-2-5-17(22)14-6-8-24-11-14/h1,3-4,6,8-9,11-12,17H,2,5,7,10H2. The second-order valence-corrected chi connectivity index (χ2v) is 8.69. The monoisotopic (exact) mass is 432 g/mol. The van der Waals surface area contributed by atoms with Gasteiger partial charge in [-0.15, -0.1) is 11.3 Å². The van der Waals surface area contributed by atoms with Crippen molar-refractivity contribution in [3.8, 4) is 10.6 Å². The van der Waals surface area contributed by atoms with Gasteiger partial charge in [0.1, 0.15) is 5.01 Å². The van der Waals surface area contributed by atoms with E-state index in [4.69, 9.17) is 0 Å². The number of carbonyl (C=O) groups is 1. The largest absolute Gasteiger partial charge is 0.335 e. The van der Waals surface area contributed by atoms with Crippen LogP contribution < -0.4 is 0 Å². The molecule has 1 aromatic carbocycles. The average molecular weight is 433 g/mol. The van der Waals surface area contributed by atoms with Crippen LogP contribution in [0.4, 0.5) is 0 Å². The van der Waals surface area contributed by atoms with Crippen LogP contribution in [0.15, 0.2) is 50.9 Å². The number of rotatable bonds is 4. The zero-order valence-corrected chi connectivity index (χ0v) is 16.7. The fourth-order valence-electron chi connectivity index (χ4n) is 3.28. The number of thiophene rings is 1. The third kappa shape index (κ3) is 3.71. The number of thiazole rings is 1. The number of hydrogen-bond acceptors (Lipinski definition) is 4. The Hall–Kier alpha value is -1.50. The lowest BCUT2D eigenvalue weighted by atomic mass is 10.1. The molecule has 1 fully saturated rings. The van der Waals surface area contributed by atoms with Crippen molar-refractivity contribution in [2.24, 2.45) is 0 Å². The Bertz CT molecular complexity index is 875. The summed E-state index contributed by atoms with van der Waals surface area (Å²) in [6, 6.07) is 10.5. The number of benzene rings is 1. The second kappa shape index (κ2) is 7.40. The highest BCUT2D eigenvalue weighted by molar-refractivity contribution is 9.10. The van der Waals surface area contributed by atoms with Crippen LogP contribution >= 0.6 is 38.6 Å². The Balaban J connectivity index is 1.48. The number of halogens is 1. The van der Waals surface area contributed by atoms with Gasteiger partial charge in [-0.2, -0.15) is 11.3 Å². The summed E-state index contributed by atoms with van der Waals surface area (Å²) in [5.41, 5.74) is 3.21. The maximum atomic E-state index is 12.8. The van der Waals surface area contributed by atoms with Crippen LogP contribution in [0.2, 0.25) is 0 Å². The summed E-state index contributed by atoms with van der Waals surface area (Å²) in [5, 5.41) is 7.20. The van der Waals surface area contributed by atoms with Gasteiger partial charge in [-0.1, -0.05) is 28.1 Å². The molecule has 3 aromatic rings. The molecule has 25 heavy (non-hydrogen) atoms. The number of hydrogen-bond donors (Lipinski definition) is 0. The van der Waals surface area contributed by atoms with Gasteiger partial charge in [0.2, 0.25) is 5.91 Å². The molecule has 128 valence electrons. The SMILES string of the molecule is O=C(Cc1csc(-c2cccc(Br)c2)n1)N1CCCC1c1ccsc1. The first-order valence-electron chi connectivity index (χ1n) is 8.22. The van der Waals surface area contributed by atoms with E-state index < -0.39 is 0 Å². The second-order valence-electron chi connectivity index (χ2n) is 6.13. The molecule has 6 heteroatoms. The molecular weight excluding hydrogens is 416 g/mol. The average Bonchev–Trinajstić information content (AvgIpc) is 3.35. The van der Waals surface area contributed by atoms with Crippen LogP contribution in [0, 0.1) is 0 Å². The molecular formula is C19H17BrN2OS2. The van der Waals surface area contributed by atoms with E-state index in [9.17, 15) is 4.79 Å². The van der Waals surface area contributed by atoms with Gasteiger partial charge in [-0.25, -0.2) is 4.98 Å². The molecule has 1 atom stereocenters. The van der Waals surface area contributed by atoms with Crippen LogP contribution in [0.25, 0.3) is 10.6 Å². The molecule has 1 unspecified atom stereocenters. The van der Waals surface area contributed by atoms with Crippen LogP contribution in [-0.2, 0) is 11.2 Å². The van der Waals surface area contributed by atoms with Crippen molar-refractivity contribution in [2.75, 3.05) is 6.54 Å². The third-order valence-corrected chi connectivity index (χ3v) is 6.59. The molecule has 1 aliphatic heterocycles. The molecule has 1 amide bonds. The lowest BCUT2D eigenvalue weighted by Crippen LogP contribution is -2.31. The molecule has 0 bridgehead atoms. The number of likely N-dealkylation sites (tertiary alicyclic amines) is 1. The highest BCUT2D eigenvalue weighted by Gasteiger charge is 2.30. The maximum absolute atomic E-state index is 12.8. The van der Waals surface area contributed by atoms with Gasteiger partial charge >= 0.3 is 0 Å². The Labute approximate surface area is 163 Å². The molecule has 0 radical (unpaired) electrons. The number of aromatic nitrogens is 1. The van der Waals surface area contributed by atoms with Gasteiger partial charge in [-0.05, 0) is 47.4 Å². The summed E-state index contributed by atoms with van der Waals surface area (Å²) < 4.78 is 1.04. The molecule has 2 aromatic heterocycles.